The Hall–Kier alpha value is -1.36. The van der Waals surface area contributed by atoms with Crippen molar-refractivity contribution in [2.45, 2.75) is 26.2 Å². The number of hydrogen-bond acceptors (Lipinski definition) is 2. The Balaban J connectivity index is 2.89. The molecular formula is C12H13BrN2O2. The highest BCUT2D eigenvalue weighted by Crippen LogP contribution is 2.33. The van der Waals surface area contributed by atoms with Gasteiger partial charge in [0.2, 0.25) is 0 Å². The Morgan fingerprint density at radius 3 is 2.59 bits per heavy atom. The highest BCUT2D eigenvalue weighted by molar-refractivity contribution is 9.10. The molecule has 0 aliphatic rings. The quantitative estimate of drug-likeness (QED) is 0.848. The van der Waals surface area contributed by atoms with Crippen LogP contribution in [0.2, 0.25) is 0 Å². The second kappa shape index (κ2) is 3.84. The molecule has 2 N–H and O–H groups in total. The van der Waals surface area contributed by atoms with Crippen LogP contribution in [0.1, 0.15) is 36.8 Å². The van der Waals surface area contributed by atoms with Gasteiger partial charge in [-0.1, -0.05) is 36.7 Å². The zero-order valence-electron chi connectivity index (χ0n) is 9.84. The van der Waals surface area contributed by atoms with Crippen molar-refractivity contribution < 1.29 is 9.90 Å². The lowest BCUT2D eigenvalue weighted by atomic mass is 9.84. The van der Waals surface area contributed by atoms with Crippen molar-refractivity contribution in [3.63, 3.8) is 0 Å². The summed E-state index contributed by atoms with van der Waals surface area (Å²) in [5.74, 6) is -1.01. The van der Waals surface area contributed by atoms with Gasteiger partial charge < -0.3 is 5.11 Å². The first-order valence-corrected chi connectivity index (χ1v) is 6.01. The summed E-state index contributed by atoms with van der Waals surface area (Å²) in [6.07, 6.45) is 0. The number of nitrogens with one attached hydrogen (secondary N) is 1. The number of rotatable bonds is 1. The fourth-order valence-electron chi connectivity index (χ4n) is 1.87. The molecule has 17 heavy (non-hydrogen) atoms. The first-order chi connectivity index (χ1) is 7.80. The van der Waals surface area contributed by atoms with E-state index in [1.165, 1.54) is 0 Å². The van der Waals surface area contributed by atoms with Gasteiger partial charge in [0, 0.05) is 9.86 Å². The molecule has 2 aromatic rings. The Labute approximate surface area is 107 Å². The fourth-order valence-corrected chi connectivity index (χ4v) is 2.33. The van der Waals surface area contributed by atoms with Crippen molar-refractivity contribution in [3.05, 3.63) is 27.9 Å². The van der Waals surface area contributed by atoms with E-state index in [0.29, 0.717) is 5.39 Å². The molecule has 0 radical (unpaired) electrons. The van der Waals surface area contributed by atoms with Crippen LogP contribution in [0.5, 0.6) is 0 Å². The van der Waals surface area contributed by atoms with Gasteiger partial charge in [0.25, 0.3) is 0 Å². The van der Waals surface area contributed by atoms with E-state index in [1.807, 2.05) is 32.9 Å². The zero-order chi connectivity index (χ0) is 12.8. The van der Waals surface area contributed by atoms with E-state index in [1.54, 1.807) is 0 Å². The lowest BCUT2D eigenvalue weighted by molar-refractivity contribution is 0.0692. The molecule has 4 nitrogen and oxygen atoms in total. The van der Waals surface area contributed by atoms with Crippen LogP contribution in [0, 0.1) is 0 Å². The number of aromatic nitrogens is 2. The van der Waals surface area contributed by atoms with E-state index in [9.17, 15) is 4.79 Å². The predicted octanol–water partition coefficient (Wildman–Crippen LogP) is 3.32. The van der Waals surface area contributed by atoms with Gasteiger partial charge in [0.05, 0.1) is 5.52 Å². The molecule has 0 aliphatic carbocycles. The second-order valence-corrected chi connectivity index (χ2v) is 5.92. The molecule has 0 amide bonds. The van der Waals surface area contributed by atoms with Gasteiger partial charge in [-0.05, 0) is 23.1 Å². The number of H-pyrrole nitrogens is 1. The molecule has 0 unspecified atom stereocenters. The number of nitrogens with zero attached hydrogens (tertiary/aromatic N) is 1. The zero-order valence-corrected chi connectivity index (χ0v) is 11.4. The molecule has 2 rings (SSSR count). The van der Waals surface area contributed by atoms with E-state index in [0.717, 1.165) is 15.6 Å². The van der Waals surface area contributed by atoms with Crippen LogP contribution in [0.15, 0.2) is 16.6 Å². The first kappa shape index (κ1) is 12.1. The van der Waals surface area contributed by atoms with E-state index in [4.69, 9.17) is 5.11 Å². The van der Waals surface area contributed by atoms with E-state index in [-0.39, 0.29) is 11.1 Å². The molecule has 0 bridgehead atoms. The Morgan fingerprint density at radius 2 is 2.06 bits per heavy atom. The average Bonchev–Trinajstić information content (AvgIpc) is 2.57. The van der Waals surface area contributed by atoms with Crippen molar-refractivity contribution in [2.24, 2.45) is 0 Å². The van der Waals surface area contributed by atoms with Gasteiger partial charge in [-0.25, -0.2) is 4.79 Å². The maximum absolute atomic E-state index is 11.1. The third kappa shape index (κ3) is 2.07. The molecule has 0 atom stereocenters. The van der Waals surface area contributed by atoms with Crippen molar-refractivity contribution in [3.8, 4) is 0 Å². The second-order valence-electron chi connectivity index (χ2n) is 5.00. The van der Waals surface area contributed by atoms with Gasteiger partial charge >= 0.3 is 5.97 Å². The number of aromatic amines is 1. The van der Waals surface area contributed by atoms with E-state index >= 15 is 0 Å². The topological polar surface area (TPSA) is 66.0 Å². The number of carboxylic acids is 1. The number of hydrogen-bond donors (Lipinski definition) is 2. The van der Waals surface area contributed by atoms with Crippen molar-refractivity contribution >= 4 is 32.8 Å². The average molecular weight is 297 g/mol. The maximum Gasteiger partial charge on any atom is 0.357 e. The lowest BCUT2D eigenvalue weighted by Crippen LogP contribution is -2.13. The molecule has 1 heterocycles. The Bertz CT molecular complexity index is 596. The number of fused-ring (bicyclic) bond motifs is 1. The monoisotopic (exact) mass is 296 g/mol. The van der Waals surface area contributed by atoms with Crippen LogP contribution in [0.3, 0.4) is 0 Å². The normalized spacial score (nSPS) is 12.0. The Kier molecular flexibility index (Phi) is 2.73. The summed E-state index contributed by atoms with van der Waals surface area (Å²) in [6, 6.07) is 3.79. The summed E-state index contributed by atoms with van der Waals surface area (Å²) >= 11 is 3.43. The number of aromatic carboxylic acids is 1. The van der Waals surface area contributed by atoms with Crippen LogP contribution in [0.4, 0.5) is 0 Å². The maximum atomic E-state index is 11.1. The van der Waals surface area contributed by atoms with Crippen LogP contribution < -0.4 is 0 Å². The number of carboxylic acid groups (broad SMARTS) is 1. The fraction of sp³-hybridized carbons (Fsp3) is 0.333. The minimum Gasteiger partial charge on any atom is -0.476 e. The number of carbonyl (C=O) groups is 1. The van der Waals surface area contributed by atoms with Crippen LogP contribution >= 0.6 is 15.9 Å². The molecule has 0 saturated carbocycles. The third-order valence-corrected chi connectivity index (χ3v) is 3.10. The van der Waals surface area contributed by atoms with Crippen LogP contribution in [-0.4, -0.2) is 21.3 Å². The SMILES string of the molecule is CC(C)(C)c1cc(Br)cc2[nH]nc(C(=O)O)c12. The Morgan fingerprint density at radius 1 is 1.41 bits per heavy atom. The summed E-state index contributed by atoms with van der Waals surface area (Å²) in [4.78, 5) is 11.1. The molecule has 0 saturated heterocycles. The third-order valence-electron chi connectivity index (χ3n) is 2.64. The summed E-state index contributed by atoms with van der Waals surface area (Å²) in [5.41, 5.74) is 1.64. The molecule has 0 fully saturated rings. The first-order valence-electron chi connectivity index (χ1n) is 5.22. The molecule has 1 aromatic heterocycles. The molecule has 0 aliphatic heterocycles. The highest BCUT2D eigenvalue weighted by atomic mass is 79.9. The molecule has 5 heteroatoms. The largest absolute Gasteiger partial charge is 0.476 e. The summed E-state index contributed by atoms with van der Waals surface area (Å²) in [7, 11) is 0. The molecule has 90 valence electrons. The smallest absolute Gasteiger partial charge is 0.357 e. The predicted molar refractivity (Wildman–Crippen MR) is 69.5 cm³/mol. The summed E-state index contributed by atoms with van der Waals surface area (Å²) < 4.78 is 0.913. The highest BCUT2D eigenvalue weighted by Gasteiger charge is 2.23. The molecule has 1 aromatic carbocycles. The van der Waals surface area contributed by atoms with Gasteiger partial charge in [-0.3, -0.25) is 5.10 Å². The minimum absolute atomic E-state index is 0.0809. The summed E-state index contributed by atoms with van der Waals surface area (Å²) in [6.45, 7) is 6.15. The molecular weight excluding hydrogens is 284 g/mol. The number of benzene rings is 1. The molecule has 0 spiro atoms. The summed E-state index contributed by atoms with van der Waals surface area (Å²) in [5, 5.41) is 16.5. The standard InChI is InChI=1S/C12H13BrN2O2/c1-12(2,3)7-4-6(13)5-8-9(7)10(11(16)17)15-14-8/h4-5H,1-3H3,(H,14,15)(H,16,17). The van der Waals surface area contributed by atoms with Crippen molar-refractivity contribution in [2.75, 3.05) is 0 Å². The lowest BCUT2D eigenvalue weighted by Gasteiger charge is -2.20. The van der Waals surface area contributed by atoms with Crippen LogP contribution in [0.25, 0.3) is 10.9 Å². The minimum atomic E-state index is -1.01. The van der Waals surface area contributed by atoms with Crippen LogP contribution in [-0.2, 0) is 5.41 Å². The van der Waals surface area contributed by atoms with Crippen molar-refractivity contribution in [1.82, 2.24) is 10.2 Å². The van der Waals surface area contributed by atoms with E-state index < -0.39 is 5.97 Å². The van der Waals surface area contributed by atoms with Gasteiger partial charge in [0.1, 0.15) is 0 Å². The van der Waals surface area contributed by atoms with Crippen molar-refractivity contribution in [1.29, 1.82) is 0 Å². The number of halogens is 1. The van der Waals surface area contributed by atoms with Gasteiger partial charge in [-0.2, -0.15) is 5.10 Å². The van der Waals surface area contributed by atoms with Gasteiger partial charge in [0.15, 0.2) is 5.69 Å². The van der Waals surface area contributed by atoms with Gasteiger partial charge in [-0.15, -0.1) is 0 Å². The van der Waals surface area contributed by atoms with E-state index in [2.05, 4.69) is 26.1 Å².